The average Bonchev–Trinajstić information content (AvgIpc) is 2.61. The molecule has 3 N–H and O–H groups in total. The van der Waals surface area contributed by atoms with E-state index < -0.39 is 0 Å². The normalized spacial score (nSPS) is 11.5. The molecule has 0 aliphatic carbocycles. The van der Waals surface area contributed by atoms with Gasteiger partial charge in [0.1, 0.15) is 5.82 Å². The molecule has 1 rings (SSSR count). The minimum absolute atomic E-state index is 0.302. The van der Waals surface area contributed by atoms with Crippen LogP contribution in [0.1, 0.15) is 45.9 Å². The van der Waals surface area contributed by atoms with E-state index in [2.05, 4.69) is 38.1 Å². The molecule has 0 amide bonds. The zero-order valence-electron chi connectivity index (χ0n) is 12.9. The van der Waals surface area contributed by atoms with Gasteiger partial charge in [-0.3, -0.25) is 0 Å². The Labute approximate surface area is 116 Å². The standard InChI is InChI=1S/C14H28N4O/c1-10(2)9-19-8-6-7-16-14-13(15)12(5)17-18(14)11(3)4/h10-11,16H,6-9,15H2,1-5H3. The quantitative estimate of drug-likeness (QED) is 0.712. The van der Waals surface area contributed by atoms with Gasteiger partial charge in [0, 0.05) is 25.8 Å². The first-order valence-corrected chi connectivity index (χ1v) is 7.09. The molecule has 0 saturated carbocycles. The number of nitrogens with two attached hydrogens (primary N) is 1. The van der Waals surface area contributed by atoms with E-state index in [0.717, 1.165) is 43.4 Å². The van der Waals surface area contributed by atoms with Gasteiger partial charge in [-0.15, -0.1) is 0 Å². The summed E-state index contributed by atoms with van der Waals surface area (Å²) in [4.78, 5) is 0. The lowest BCUT2D eigenvalue weighted by Crippen LogP contribution is -2.13. The van der Waals surface area contributed by atoms with Gasteiger partial charge in [-0.25, -0.2) is 4.68 Å². The summed E-state index contributed by atoms with van der Waals surface area (Å²) >= 11 is 0. The lowest BCUT2D eigenvalue weighted by molar-refractivity contribution is 0.110. The monoisotopic (exact) mass is 268 g/mol. The van der Waals surface area contributed by atoms with Crippen molar-refractivity contribution in [3.63, 3.8) is 0 Å². The smallest absolute Gasteiger partial charge is 0.148 e. The van der Waals surface area contributed by atoms with Crippen molar-refractivity contribution < 1.29 is 4.74 Å². The van der Waals surface area contributed by atoms with Crippen LogP contribution in [0.5, 0.6) is 0 Å². The van der Waals surface area contributed by atoms with E-state index >= 15 is 0 Å². The van der Waals surface area contributed by atoms with Crippen molar-refractivity contribution in [1.29, 1.82) is 0 Å². The van der Waals surface area contributed by atoms with Crippen molar-refractivity contribution in [2.75, 3.05) is 30.8 Å². The Hall–Kier alpha value is -1.23. The first-order chi connectivity index (χ1) is 8.93. The molecule has 1 heterocycles. The SMILES string of the molecule is Cc1nn(C(C)C)c(NCCCOCC(C)C)c1N. The van der Waals surface area contributed by atoms with Crippen LogP contribution >= 0.6 is 0 Å². The number of nitrogen functional groups attached to an aromatic ring is 1. The maximum Gasteiger partial charge on any atom is 0.148 e. The highest BCUT2D eigenvalue weighted by atomic mass is 16.5. The van der Waals surface area contributed by atoms with Gasteiger partial charge < -0.3 is 15.8 Å². The fraction of sp³-hybridized carbons (Fsp3) is 0.786. The highest BCUT2D eigenvalue weighted by Crippen LogP contribution is 2.25. The summed E-state index contributed by atoms with van der Waals surface area (Å²) in [5, 5.41) is 7.81. The van der Waals surface area contributed by atoms with Crippen LogP contribution in [0.4, 0.5) is 11.5 Å². The third-order valence-corrected chi connectivity index (χ3v) is 2.83. The van der Waals surface area contributed by atoms with Gasteiger partial charge in [0.15, 0.2) is 0 Å². The van der Waals surface area contributed by atoms with E-state index in [1.165, 1.54) is 0 Å². The van der Waals surface area contributed by atoms with Crippen LogP contribution in [0.3, 0.4) is 0 Å². The maximum absolute atomic E-state index is 6.04. The Morgan fingerprint density at radius 2 is 2.00 bits per heavy atom. The number of nitrogens with one attached hydrogen (secondary N) is 1. The Morgan fingerprint density at radius 3 is 2.58 bits per heavy atom. The lowest BCUT2D eigenvalue weighted by atomic mass is 10.2. The Morgan fingerprint density at radius 1 is 1.32 bits per heavy atom. The molecule has 0 saturated heterocycles. The zero-order valence-corrected chi connectivity index (χ0v) is 12.9. The average molecular weight is 268 g/mol. The predicted octanol–water partition coefficient (Wildman–Crippen LogP) is 2.83. The van der Waals surface area contributed by atoms with Crippen molar-refractivity contribution in [1.82, 2.24) is 9.78 Å². The fourth-order valence-corrected chi connectivity index (χ4v) is 1.81. The number of aryl methyl sites for hydroxylation is 1. The molecule has 5 nitrogen and oxygen atoms in total. The van der Waals surface area contributed by atoms with Gasteiger partial charge in [-0.1, -0.05) is 13.8 Å². The van der Waals surface area contributed by atoms with Crippen molar-refractivity contribution in [3.05, 3.63) is 5.69 Å². The molecule has 19 heavy (non-hydrogen) atoms. The summed E-state index contributed by atoms with van der Waals surface area (Å²) in [5.41, 5.74) is 7.67. The third kappa shape index (κ3) is 4.74. The summed E-state index contributed by atoms with van der Waals surface area (Å²) in [7, 11) is 0. The molecule has 0 atom stereocenters. The molecule has 0 aromatic carbocycles. The van der Waals surface area contributed by atoms with E-state index in [4.69, 9.17) is 10.5 Å². The maximum atomic E-state index is 6.04. The summed E-state index contributed by atoms with van der Waals surface area (Å²) in [5.74, 6) is 1.52. The van der Waals surface area contributed by atoms with Crippen LogP contribution in [0.2, 0.25) is 0 Å². The molecule has 0 aliphatic rings. The van der Waals surface area contributed by atoms with E-state index in [1.807, 2.05) is 11.6 Å². The van der Waals surface area contributed by atoms with Crippen LogP contribution < -0.4 is 11.1 Å². The van der Waals surface area contributed by atoms with Gasteiger partial charge in [0.25, 0.3) is 0 Å². The Balaban J connectivity index is 2.40. The van der Waals surface area contributed by atoms with Crippen molar-refractivity contribution >= 4 is 11.5 Å². The molecule has 5 heteroatoms. The van der Waals surface area contributed by atoms with Crippen LogP contribution in [-0.2, 0) is 4.74 Å². The van der Waals surface area contributed by atoms with Crippen molar-refractivity contribution in [2.45, 2.75) is 47.1 Å². The number of ether oxygens (including phenoxy) is 1. The first-order valence-electron chi connectivity index (χ1n) is 7.09. The van der Waals surface area contributed by atoms with E-state index in [9.17, 15) is 0 Å². The predicted molar refractivity (Wildman–Crippen MR) is 80.5 cm³/mol. The Bertz CT molecular complexity index is 385. The molecule has 0 unspecified atom stereocenters. The van der Waals surface area contributed by atoms with E-state index in [1.54, 1.807) is 0 Å². The van der Waals surface area contributed by atoms with Crippen molar-refractivity contribution in [3.8, 4) is 0 Å². The highest BCUT2D eigenvalue weighted by Gasteiger charge is 2.13. The van der Waals surface area contributed by atoms with Gasteiger partial charge in [0.2, 0.25) is 0 Å². The molecule has 110 valence electrons. The number of aromatic nitrogens is 2. The van der Waals surface area contributed by atoms with Gasteiger partial charge in [-0.2, -0.15) is 5.10 Å². The number of rotatable bonds is 8. The first kappa shape index (κ1) is 15.8. The molecule has 1 aromatic heterocycles. The van der Waals surface area contributed by atoms with Gasteiger partial charge in [0.05, 0.1) is 11.4 Å². The molecule has 1 aromatic rings. The molecule has 0 aliphatic heterocycles. The fourth-order valence-electron chi connectivity index (χ4n) is 1.81. The molecule has 0 radical (unpaired) electrons. The molecule has 0 spiro atoms. The van der Waals surface area contributed by atoms with E-state index in [0.29, 0.717) is 12.0 Å². The third-order valence-electron chi connectivity index (χ3n) is 2.83. The van der Waals surface area contributed by atoms with Crippen molar-refractivity contribution in [2.24, 2.45) is 5.92 Å². The summed E-state index contributed by atoms with van der Waals surface area (Å²) < 4.78 is 7.50. The van der Waals surface area contributed by atoms with Crippen LogP contribution in [0.15, 0.2) is 0 Å². The molecule has 0 bridgehead atoms. The minimum Gasteiger partial charge on any atom is -0.394 e. The molecular formula is C14H28N4O. The summed E-state index contributed by atoms with van der Waals surface area (Å²) in [6.07, 6.45) is 0.967. The highest BCUT2D eigenvalue weighted by molar-refractivity contribution is 5.64. The van der Waals surface area contributed by atoms with Crippen LogP contribution in [-0.4, -0.2) is 29.5 Å². The Kier molecular flexibility index (Phi) is 6.15. The largest absolute Gasteiger partial charge is 0.394 e. The number of anilines is 2. The number of hydrogen-bond donors (Lipinski definition) is 2. The van der Waals surface area contributed by atoms with Crippen LogP contribution in [0, 0.1) is 12.8 Å². The van der Waals surface area contributed by atoms with Gasteiger partial charge >= 0.3 is 0 Å². The number of hydrogen-bond acceptors (Lipinski definition) is 4. The second-order valence-electron chi connectivity index (χ2n) is 5.64. The minimum atomic E-state index is 0.302. The second kappa shape index (κ2) is 7.38. The topological polar surface area (TPSA) is 65.1 Å². The second-order valence-corrected chi connectivity index (χ2v) is 5.64. The number of nitrogens with zero attached hydrogens (tertiary/aromatic N) is 2. The molecule has 0 fully saturated rings. The zero-order chi connectivity index (χ0) is 14.4. The van der Waals surface area contributed by atoms with E-state index in [-0.39, 0.29) is 0 Å². The summed E-state index contributed by atoms with van der Waals surface area (Å²) in [6.45, 7) is 12.9. The summed E-state index contributed by atoms with van der Waals surface area (Å²) in [6, 6.07) is 0.302. The van der Waals surface area contributed by atoms with Crippen LogP contribution in [0.25, 0.3) is 0 Å². The van der Waals surface area contributed by atoms with Gasteiger partial charge in [-0.05, 0) is 33.1 Å². The molecular weight excluding hydrogens is 240 g/mol. The lowest BCUT2D eigenvalue weighted by Gasteiger charge is -2.13.